The molecular weight excluding hydrogens is 243 g/mol. The van der Waals surface area contributed by atoms with E-state index in [4.69, 9.17) is 5.73 Å². The summed E-state index contributed by atoms with van der Waals surface area (Å²) >= 11 is 0. The maximum absolute atomic E-state index is 11.8. The number of nitro benzene ring substituents is 1. The molecule has 0 aliphatic heterocycles. The Bertz CT molecular complexity index is 450. The van der Waals surface area contributed by atoms with Crippen LogP contribution in [0.2, 0.25) is 0 Å². The van der Waals surface area contributed by atoms with Crippen LogP contribution in [0.15, 0.2) is 24.3 Å². The molecule has 1 unspecified atom stereocenters. The second-order valence-corrected chi connectivity index (χ2v) is 6.25. The van der Waals surface area contributed by atoms with Gasteiger partial charge >= 0.3 is 0 Å². The Hall–Kier alpha value is -1.23. The summed E-state index contributed by atoms with van der Waals surface area (Å²) in [5.41, 5.74) is 5.71. The first kappa shape index (κ1) is 13.8. The summed E-state index contributed by atoms with van der Waals surface area (Å²) in [6, 6.07) is 5.80. The highest BCUT2D eigenvalue weighted by Crippen LogP contribution is 2.45. The molecule has 0 heterocycles. The molecule has 3 N–H and O–H groups in total. The van der Waals surface area contributed by atoms with Crippen molar-refractivity contribution < 1.29 is 14.4 Å². The number of non-ortho nitro benzene ring substituents is 1. The van der Waals surface area contributed by atoms with Crippen molar-refractivity contribution in [3.63, 3.8) is 0 Å². The van der Waals surface area contributed by atoms with Gasteiger partial charge in [0.15, 0.2) is 0 Å². The standard InChI is InChI=1S/C10H15N2O4P/c11-5-2-6-17(15,16)8-9-3-1-4-10(7-9)12(13)14/h1,3-4,7H,2,5-6,8,11H2,(H,15,16). The van der Waals surface area contributed by atoms with E-state index in [0.29, 0.717) is 18.5 Å². The smallest absolute Gasteiger partial charge is 0.269 e. The Morgan fingerprint density at radius 2 is 2.18 bits per heavy atom. The third kappa shape index (κ3) is 4.65. The molecule has 0 aliphatic carbocycles. The fourth-order valence-corrected chi connectivity index (χ4v) is 3.07. The normalized spacial score (nSPS) is 14.2. The quantitative estimate of drug-likeness (QED) is 0.459. The van der Waals surface area contributed by atoms with Gasteiger partial charge in [-0.25, -0.2) is 0 Å². The molecule has 0 saturated carbocycles. The zero-order valence-electron chi connectivity index (χ0n) is 9.28. The Labute approximate surface area is 99.1 Å². The molecule has 94 valence electrons. The summed E-state index contributed by atoms with van der Waals surface area (Å²) in [4.78, 5) is 19.7. The summed E-state index contributed by atoms with van der Waals surface area (Å²) in [5, 5.41) is 10.5. The minimum Gasteiger partial charge on any atom is -0.344 e. The van der Waals surface area contributed by atoms with Crippen molar-refractivity contribution in [3.05, 3.63) is 39.9 Å². The van der Waals surface area contributed by atoms with Crippen molar-refractivity contribution in [1.82, 2.24) is 0 Å². The van der Waals surface area contributed by atoms with Crippen LogP contribution in [0.25, 0.3) is 0 Å². The highest BCUT2D eigenvalue weighted by atomic mass is 31.2. The molecule has 1 rings (SSSR count). The lowest BCUT2D eigenvalue weighted by Crippen LogP contribution is -2.03. The van der Waals surface area contributed by atoms with Crippen LogP contribution in [0.4, 0.5) is 5.69 Å². The first-order chi connectivity index (χ1) is 7.94. The van der Waals surface area contributed by atoms with Gasteiger partial charge in [-0.2, -0.15) is 0 Å². The third-order valence-electron chi connectivity index (χ3n) is 2.26. The zero-order chi connectivity index (χ0) is 12.9. The van der Waals surface area contributed by atoms with Crippen molar-refractivity contribution in [2.24, 2.45) is 5.73 Å². The average molecular weight is 258 g/mol. The Morgan fingerprint density at radius 3 is 2.76 bits per heavy atom. The highest BCUT2D eigenvalue weighted by Gasteiger charge is 2.19. The zero-order valence-corrected chi connectivity index (χ0v) is 10.2. The van der Waals surface area contributed by atoms with E-state index < -0.39 is 12.3 Å². The second-order valence-electron chi connectivity index (χ2n) is 3.80. The lowest BCUT2D eigenvalue weighted by atomic mass is 10.2. The fourth-order valence-electron chi connectivity index (χ4n) is 1.47. The van der Waals surface area contributed by atoms with Gasteiger partial charge in [-0.15, -0.1) is 0 Å². The number of rotatable bonds is 6. The lowest BCUT2D eigenvalue weighted by molar-refractivity contribution is -0.384. The molecular formula is C10H15N2O4P. The van der Waals surface area contributed by atoms with Crippen molar-refractivity contribution in [1.29, 1.82) is 0 Å². The van der Waals surface area contributed by atoms with Gasteiger partial charge < -0.3 is 10.6 Å². The van der Waals surface area contributed by atoms with Crippen molar-refractivity contribution in [2.75, 3.05) is 12.7 Å². The fraction of sp³-hybridized carbons (Fsp3) is 0.400. The second kappa shape index (κ2) is 5.91. The van der Waals surface area contributed by atoms with Gasteiger partial charge in [-0.3, -0.25) is 14.7 Å². The van der Waals surface area contributed by atoms with Crippen LogP contribution in [-0.4, -0.2) is 22.5 Å². The van der Waals surface area contributed by atoms with E-state index in [1.165, 1.54) is 18.2 Å². The SMILES string of the molecule is NCCCP(=O)(O)Cc1cccc([N+](=O)[O-])c1. The number of nitrogens with two attached hydrogens (primary N) is 1. The van der Waals surface area contributed by atoms with Gasteiger partial charge in [-0.05, 0) is 18.5 Å². The summed E-state index contributed by atoms with van der Waals surface area (Å²) in [7, 11) is -3.28. The molecule has 0 spiro atoms. The molecule has 7 heteroatoms. The molecule has 1 atom stereocenters. The molecule has 0 fully saturated rings. The molecule has 0 radical (unpaired) electrons. The Balaban J connectivity index is 2.77. The van der Waals surface area contributed by atoms with E-state index in [0.717, 1.165) is 0 Å². The number of hydrogen-bond acceptors (Lipinski definition) is 4. The lowest BCUT2D eigenvalue weighted by Gasteiger charge is -2.10. The molecule has 6 nitrogen and oxygen atoms in total. The van der Waals surface area contributed by atoms with Gasteiger partial charge in [0.05, 0.1) is 4.92 Å². The van der Waals surface area contributed by atoms with E-state index >= 15 is 0 Å². The van der Waals surface area contributed by atoms with E-state index in [9.17, 15) is 19.6 Å². The monoisotopic (exact) mass is 258 g/mol. The van der Waals surface area contributed by atoms with Gasteiger partial charge in [0.1, 0.15) is 0 Å². The number of nitro groups is 1. The molecule has 0 bridgehead atoms. The van der Waals surface area contributed by atoms with Crippen LogP contribution in [0.5, 0.6) is 0 Å². The Kier molecular flexibility index (Phi) is 4.81. The van der Waals surface area contributed by atoms with Crippen molar-refractivity contribution in [3.8, 4) is 0 Å². The van der Waals surface area contributed by atoms with Crippen molar-refractivity contribution >= 4 is 13.1 Å². The summed E-state index contributed by atoms with van der Waals surface area (Å²) in [6.45, 7) is 0.361. The van der Waals surface area contributed by atoms with E-state index in [1.54, 1.807) is 6.07 Å². The van der Waals surface area contributed by atoms with E-state index in [1.807, 2.05) is 0 Å². The Morgan fingerprint density at radius 1 is 1.47 bits per heavy atom. The predicted octanol–water partition coefficient (Wildman–Crippen LogP) is 1.71. The largest absolute Gasteiger partial charge is 0.344 e. The molecule has 0 saturated heterocycles. The van der Waals surface area contributed by atoms with Crippen LogP contribution in [-0.2, 0) is 10.7 Å². The summed E-state index contributed by atoms with van der Waals surface area (Å²) < 4.78 is 11.8. The van der Waals surface area contributed by atoms with Crippen LogP contribution in [0, 0.1) is 10.1 Å². The van der Waals surface area contributed by atoms with Gasteiger partial charge in [-0.1, -0.05) is 12.1 Å². The maximum atomic E-state index is 11.8. The number of benzene rings is 1. The molecule has 0 aliphatic rings. The molecule has 0 aromatic heterocycles. The van der Waals surface area contributed by atoms with Gasteiger partial charge in [0, 0.05) is 24.5 Å². The molecule has 1 aromatic rings. The maximum Gasteiger partial charge on any atom is 0.269 e. The predicted molar refractivity (Wildman–Crippen MR) is 65.2 cm³/mol. The minimum absolute atomic E-state index is 0.0469. The van der Waals surface area contributed by atoms with E-state index in [2.05, 4.69) is 0 Å². The number of hydrogen-bond donors (Lipinski definition) is 2. The molecule has 1 aromatic carbocycles. The van der Waals surface area contributed by atoms with Crippen LogP contribution in [0.3, 0.4) is 0 Å². The summed E-state index contributed by atoms with van der Waals surface area (Å²) in [6.07, 6.45) is 0.573. The topological polar surface area (TPSA) is 106 Å². The van der Waals surface area contributed by atoms with Crippen LogP contribution < -0.4 is 5.73 Å². The van der Waals surface area contributed by atoms with Gasteiger partial charge in [0.25, 0.3) is 5.69 Å². The molecule has 0 amide bonds. The molecule has 17 heavy (non-hydrogen) atoms. The summed E-state index contributed by atoms with van der Waals surface area (Å²) in [5.74, 6) is 0. The minimum atomic E-state index is -3.28. The first-order valence-corrected chi connectivity index (χ1v) is 7.22. The van der Waals surface area contributed by atoms with Crippen molar-refractivity contribution in [2.45, 2.75) is 12.6 Å². The third-order valence-corrected chi connectivity index (χ3v) is 4.14. The first-order valence-electron chi connectivity index (χ1n) is 5.19. The van der Waals surface area contributed by atoms with Crippen LogP contribution >= 0.6 is 7.37 Å². The number of nitrogens with zero attached hydrogens (tertiary/aromatic N) is 1. The highest BCUT2D eigenvalue weighted by molar-refractivity contribution is 7.57. The average Bonchev–Trinajstić information content (AvgIpc) is 2.26. The van der Waals surface area contributed by atoms with Crippen LogP contribution in [0.1, 0.15) is 12.0 Å². The van der Waals surface area contributed by atoms with E-state index in [-0.39, 0.29) is 18.0 Å². The van der Waals surface area contributed by atoms with Gasteiger partial charge in [0.2, 0.25) is 7.37 Å².